The number of piperidine rings is 1. The van der Waals surface area contributed by atoms with Crippen LogP contribution in [0.2, 0.25) is 15.1 Å². The van der Waals surface area contributed by atoms with Crippen LogP contribution in [0.4, 0.5) is 5.69 Å². The van der Waals surface area contributed by atoms with Gasteiger partial charge in [-0.1, -0.05) is 53.0 Å². The van der Waals surface area contributed by atoms with Gasteiger partial charge in [-0.05, 0) is 53.6 Å². The van der Waals surface area contributed by atoms with Crippen LogP contribution in [0.15, 0.2) is 60.7 Å². The van der Waals surface area contributed by atoms with E-state index >= 15 is 0 Å². The van der Waals surface area contributed by atoms with E-state index < -0.39 is 17.4 Å². The van der Waals surface area contributed by atoms with Gasteiger partial charge in [0.2, 0.25) is 11.8 Å². The second-order valence-electron chi connectivity index (χ2n) is 8.58. The molecule has 2 aliphatic rings. The SMILES string of the molecule is O=C1C[C@@H](c2cccc(Cl)c2)[C@]2(C(=O)Nc3cc(Cl)ccc32)[C@@H](c2cc(Cl)ccc2OCCO)N1. The maximum Gasteiger partial charge on any atom is 0.238 e. The highest BCUT2D eigenvalue weighted by molar-refractivity contribution is 6.31. The molecule has 3 atom stereocenters. The van der Waals surface area contributed by atoms with Crippen molar-refractivity contribution in [1.29, 1.82) is 0 Å². The number of aliphatic hydroxyl groups excluding tert-OH is 1. The molecule has 0 aromatic heterocycles. The summed E-state index contributed by atoms with van der Waals surface area (Å²) in [6.45, 7) is -0.157. The molecule has 3 aromatic rings. The molecular weight excluding hydrogens is 511 g/mol. The molecule has 3 N–H and O–H groups in total. The zero-order valence-corrected chi connectivity index (χ0v) is 20.6. The summed E-state index contributed by atoms with van der Waals surface area (Å²) in [5.74, 6) is -0.645. The number of hydrogen-bond donors (Lipinski definition) is 3. The highest BCUT2D eigenvalue weighted by Crippen LogP contribution is 2.58. The van der Waals surface area contributed by atoms with Crippen LogP contribution in [-0.2, 0) is 15.0 Å². The molecule has 0 saturated carbocycles. The Bertz CT molecular complexity index is 1330. The number of carbonyl (C=O) groups excluding carboxylic acids is 2. The Labute approximate surface area is 217 Å². The molecule has 2 heterocycles. The van der Waals surface area contributed by atoms with E-state index in [9.17, 15) is 14.7 Å². The van der Waals surface area contributed by atoms with Crippen molar-refractivity contribution >= 4 is 52.3 Å². The Balaban J connectivity index is 1.80. The van der Waals surface area contributed by atoms with E-state index in [-0.39, 0.29) is 31.4 Å². The molecule has 1 fully saturated rings. The molecule has 0 radical (unpaired) electrons. The molecular formula is C26H21Cl3N2O4. The maximum absolute atomic E-state index is 14.0. The summed E-state index contributed by atoms with van der Waals surface area (Å²) in [5.41, 5.74) is 1.32. The number of rotatable bonds is 5. The Morgan fingerprint density at radius 1 is 0.971 bits per heavy atom. The second kappa shape index (κ2) is 9.36. The molecule has 3 aromatic carbocycles. The zero-order chi connectivity index (χ0) is 24.7. The van der Waals surface area contributed by atoms with Crippen molar-refractivity contribution in [3.05, 3.63) is 92.4 Å². The van der Waals surface area contributed by atoms with E-state index in [0.717, 1.165) is 5.56 Å². The van der Waals surface area contributed by atoms with Crippen LogP contribution < -0.4 is 15.4 Å². The number of anilines is 1. The summed E-state index contributed by atoms with van der Waals surface area (Å²) in [4.78, 5) is 27.2. The fraction of sp³-hybridized carbons (Fsp3) is 0.231. The number of carbonyl (C=O) groups is 2. The van der Waals surface area contributed by atoms with Gasteiger partial charge in [-0.2, -0.15) is 0 Å². The van der Waals surface area contributed by atoms with Gasteiger partial charge in [-0.3, -0.25) is 9.59 Å². The standard InChI is InChI=1S/C26H21Cl3N2O4/c27-15-3-1-2-14(10-15)20-13-23(33)31-24(18-11-16(28)5-7-22(18)35-9-8-32)26(20)19-6-4-17(29)12-21(19)30-25(26)34/h1-7,10-12,20,24,32H,8-9,13H2,(H,30,34)(H,31,33)/t20-,24+,26-/m0/s1. The van der Waals surface area contributed by atoms with Gasteiger partial charge < -0.3 is 20.5 Å². The predicted molar refractivity (Wildman–Crippen MR) is 135 cm³/mol. The van der Waals surface area contributed by atoms with E-state index in [1.54, 1.807) is 48.5 Å². The minimum Gasteiger partial charge on any atom is -0.491 e. The normalized spacial score (nSPS) is 23.1. The highest BCUT2D eigenvalue weighted by Gasteiger charge is 2.61. The highest BCUT2D eigenvalue weighted by atomic mass is 35.5. The van der Waals surface area contributed by atoms with Crippen molar-refractivity contribution in [2.45, 2.75) is 23.8 Å². The minimum atomic E-state index is -1.25. The van der Waals surface area contributed by atoms with Crippen LogP contribution in [0.25, 0.3) is 0 Å². The molecule has 1 spiro atoms. The van der Waals surface area contributed by atoms with E-state index in [0.29, 0.717) is 37.6 Å². The first-order valence-corrected chi connectivity index (χ1v) is 12.2. The Morgan fingerprint density at radius 3 is 2.49 bits per heavy atom. The molecule has 0 bridgehead atoms. The third-order valence-electron chi connectivity index (χ3n) is 6.63. The first-order valence-electron chi connectivity index (χ1n) is 11.0. The molecule has 0 aliphatic carbocycles. The van der Waals surface area contributed by atoms with Gasteiger partial charge >= 0.3 is 0 Å². The summed E-state index contributed by atoms with van der Waals surface area (Å²) < 4.78 is 5.80. The van der Waals surface area contributed by atoms with Gasteiger partial charge in [0.1, 0.15) is 17.8 Å². The molecule has 5 rings (SSSR count). The fourth-order valence-electron chi connectivity index (χ4n) is 5.30. The van der Waals surface area contributed by atoms with Crippen LogP contribution >= 0.6 is 34.8 Å². The molecule has 1 saturated heterocycles. The molecule has 9 heteroatoms. The fourth-order valence-corrected chi connectivity index (χ4v) is 5.85. The van der Waals surface area contributed by atoms with Crippen LogP contribution in [0.1, 0.15) is 35.1 Å². The molecule has 35 heavy (non-hydrogen) atoms. The third-order valence-corrected chi connectivity index (χ3v) is 7.34. The Hall–Kier alpha value is -2.77. The summed E-state index contributed by atoms with van der Waals surface area (Å²) in [6, 6.07) is 16.6. The number of hydrogen-bond acceptors (Lipinski definition) is 4. The van der Waals surface area contributed by atoms with Gasteiger partial charge in [0, 0.05) is 38.7 Å². The Morgan fingerprint density at radius 2 is 1.71 bits per heavy atom. The van der Waals surface area contributed by atoms with E-state index in [1.807, 2.05) is 12.1 Å². The molecule has 180 valence electrons. The van der Waals surface area contributed by atoms with Gasteiger partial charge in [-0.25, -0.2) is 0 Å². The summed E-state index contributed by atoms with van der Waals surface area (Å²) >= 11 is 19.0. The van der Waals surface area contributed by atoms with E-state index in [2.05, 4.69) is 10.6 Å². The van der Waals surface area contributed by atoms with E-state index in [4.69, 9.17) is 39.5 Å². The molecule has 2 amide bonds. The topological polar surface area (TPSA) is 87.7 Å². The number of amides is 2. The van der Waals surface area contributed by atoms with Gasteiger partial charge in [-0.15, -0.1) is 0 Å². The van der Waals surface area contributed by atoms with Crippen LogP contribution in [0.5, 0.6) is 5.75 Å². The summed E-state index contributed by atoms with van der Waals surface area (Å²) in [7, 11) is 0. The number of benzene rings is 3. The van der Waals surface area contributed by atoms with Crippen molar-refractivity contribution in [3.8, 4) is 5.75 Å². The van der Waals surface area contributed by atoms with Crippen LogP contribution in [0.3, 0.4) is 0 Å². The lowest BCUT2D eigenvalue weighted by Crippen LogP contribution is -2.56. The van der Waals surface area contributed by atoms with Crippen LogP contribution in [-0.4, -0.2) is 30.1 Å². The minimum absolute atomic E-state index is 0.0401. The average Bonchev–Trinajstić information content (AvgIpc) is 3.10. The summed E-state index contributed by atoms with van der Waals surface area (Å²) in [6.07, 6.45) is 0.0692. The monoisotopic (exact) mass is 530 g/mol. The predicted octanol–water partition coefficient (Wildman–Crippen LogP) is 5.25. The number of nitrogens with one attached hydrogen (secondary N) is 2. The zero-order valence-electron chi connectivity index (χ0n) is 18.4. The molecule has 6 nitrogen and oxygen atoms in total. The van der Waals surface area contributed by atoms with Crippen molar-refractivity contribution < 1.29 is 19.4 Å². The Kier molecular flexibility index (Phi) is 6.40. The largest absolute Gasteiger partial charge is 0.491 e. The number of fused-ring (bicyclic) bond motifs is 2. The molecule has 0 unspecified atom stereocenters. The average molecular weight is 532 g/mol. The van der Waals surface area contributed by atoms with E-state index in [1.165, 1.54) is 0 Å². The van der Waals surface area contributed by atoms with Crippen molar-refractivity contribution in [1.82, 2.24) is 5.32 Å². The van der Waals surface area contributed by atoms with Gasteiger partial charge in [0.15, 0.2) is 0 Å². The lowest BCUT2D eigenvalue weighted by atomic mass is 9.59. The van der Waals surface area contributed by atoms with Gasteiger partial charge in [0.25, 0.3) is 0 Å². The van der Waals surface area contributed by atoms with Crippen molar-refractivity contribution in [3.63, 3.8) is 0 Å². The number of ether oxygens (including phenoxy) is 1. The quantitative estimate of drug-likeness (QED) is 0.419. The number of halogens is 3. The maximum atomic E-state index is 14.0. The lowest BCUT2D eigenvalue weighted by molar-refractivity contribution is -0.131. The summed E-state index contributed by atoms with van der Waals surface area (Å²) in [5, 5.41) is 16.8. The van der Waals surface area contributed by atoms with Crippen molar-refractivity contribution in [2.75, 3.05) is 18.5 Å². The van der Waals surface area contributed by atoms with Crippen LogP contribution in [0, 0.1) is 0 Å². The van der Waals surface area contributed by atoms with Gasteiger partial charge in [0.05, 0.1) is 12.6 Å². The second-order valence-corrected chi connectivity index (χ2v) is 9.89. The lowest BCUT2D eigenvalue weighted by Gasteiger charge is -2.46. The smallest absolute Gasteiger partial charge is 0.238 e. The first-order chi connectivity index (χ1) is 16.8. The first kappa shape index (κ1) is 23.9. The van der Waals surface area contributed by atoms with Crippen molar-refractivity contribution in [2.24, 2.45) is 0 Å². The molecule has 2 aliphatic heterocycles. The number of aliphatic hydroxyl groups is 1. The third kappa shape index (κ3) is 4.04.